The molecule has 1 fully saturated rings. The van der Waals surface area contributed by atoms with E-state index in [1.54, 1.807) is 24.4 Å². The van der Waals surface area contributed by atoms with Gasteiger partial charge in [-0.1, -0.05) is 31.7 Å². The Morgan fingerprint density at radius 3 is 2.63 bits per heavy atom. The minimum atomic E-state index is -0.752. The number of nitrogens with zero attached hydrogens (tertiary/aromatic N) is 1. The van der Waals surface area contributed by atoms with Crippen LogP contribution in [0.3, 0.4) is 0 Å². The number of aliphatic hydroxyl groups is 1. The fourth-order valence-electron chi connectivity index (χ4n) is 2.41. The second-order valence-electron chi connectivity index (χ2n) is 5.16. The van der Waals surface area contributed by atoms with Gasteiger partial charge in [0.2, 0.25) is 0 Å². The molecule has 0 bridgehead atoms. The maximum atomic E-state index is 11.7. The van der Waals surface area contributed by atoms with Crippen LogP contribution in [-0.2, 0) is 0 Å². The molecule has 2 amide bonds. The molecule has 1 heterocycles. The summed E-state index contributed by atoms with van der Waals surface area (Å²) in [4.78, 5) is 15.7. The first-order valence-corrected chi connectivity index (χ1v) is 6.86. The van der Waals surface area contributed by atoms with Gasteiger partial charge in [0.25, 0.3) is 0 Å². The molecule has 0 spiro atoms. The number of pyridine rings is 1. The first-order valence-electron chi connectivity index (χ1n) is 6.86. The molecule has 5 heteroatoms. The highest BCUT2D eigenvalue weighted by atomic mass is 16.3. The van der Waals surface area contributed by atoms with Gasteiger partial charge in [-0.15, -0.1) is 0 Å². The molecule has 3 N–H and O–H groups in total. The van der Waals surface area contributed by atoms with Gasteiger partial charge in [0, 0.05) is 12.7 Å². The Bertz CT molecular complexity index is 400. The van der Waals surface area contributed by atoms with Crippen LogP contribution in [-0.4, -0.2) is 28.3 Å². The summed E-state index contributed by atoms with van der Waals surface area (Å²) in [6, 6.07) is 5.00. The molecular weight excluding hydrogens is 242 g/mol. The monoisotopic (exact) mass is 263 g/mol. The first-order chi connectivity index (χ1) is 9.18. The van der Waals surface area contributed by atoms with Gasteiger partial charge in [-0.05, 0) is 25.0 Å². The molecule has 1 saturated carbocycles. The predicted molar refractivity (Wildman–Crippen MR) is 73.9 cm³/mol. The molecule has 0 saturated heterocycles. The van der Waals surface area contributed by atoms with E-state index in [-0.39, 0.29) is 6.03 Å². The highest BCUT2D eigenvalue weighted by Gasteiger charge is 2.28. The summed E-state index contributed by atoms with van der Waals surface area (Å²) in [6.07, 6.45) is 7.53. The minimum absolute atomic E-state index is 0.297. The third-order valence-corrected chi connectivity index (χ3v) is 3.52. The molecule has 104 valence electrons. The summed E-state index contributed by atoms with van der Waals surface area (Å²) >= 11 is 0. The molecule has 0 atom stereocenters. The lowest BCUT2D eigenvalue weighted by Gasteiger charge is -2.26. The van der Waals surface area contributed by atoms with E-state index in [1.807, 2.05) is 0 Å². The van der Waals surface area contributed by atoms with Gasteiger partial charge in [0.05, 0.1) is 5.60 Å². The van der Waals surface area contributed by atoms with Gasteiger partial charge in [-0.3, -0.25) is 5.32 Å². The molecule has 1 aromatic heterocycles. The number of carbonyl (C=O) groups excluding carboxylic acids is 1. The van der Waals surface area contributed by atoms with Crippen LogP contribution >= 0.6 is 0 Å². The van der Waals surface area contributed by atoms with Crippen LogP contribution in [0.5, 0.6) is 0 Å². The maximum absolute atomic E-state index is 11.7. The standard InChI is InChI=1S/C14H21N3O2/c18-13(17-12-7-3-6-10-15-12)16-11-14(19)8-4-1-2-5-9-14/h3,6-7,10,19H,1-2,4-5,8-9,11H2,(H2,15,16,17,18). The Kier molecular flexibility index (Phi) is 4.74. The average Bonchev–Trinajstić information content (AvgIpc) is 2.63. The number of hydrogen-bond acceptors (Lipinski definition) is 3. The number of anilines is 1. The van der Waals surface area contributed by atoms with Crippen molar-refractivity contribution in [3.05, 3.63) is 24.4 Å². The number of aromatic nitrogens is 1. The second kappa shape index (κ2) is 6.52. The second-order valence-corrected chi connectivity index (χ2v) is 5.16. The van der Waals surface area contributed by atoms with Crippen molar-refractivity contribution >= 4 is 11.8 Å². The third kappa shape index (κ3) is 4.52. The summed E-state index contributed by atoms with van der Waals surface area (Å²) in [7, 11) is 0. The summed E-state index contributed by atoms with van der Waals surface area (Å²) in [6.45, 7) is 0.297. The van der Waals surface area contributed by atoms with E-state index in [9.17, 15) is 9.90 Å². The van der Waals surface area contributed by atoms with E-state index in [0.717, 1.165) is 25.7 Å². The minimum Gasteiger partial charge on any atom is -0.388 e. The van der Waals surface area contributed by atoms with Crippen molar-refractivity contribution in [2.75, 3.05) is 11.9 Å². The van der Waals surface area contributed by atoms with Crippen LogP contribution in [0.1, 0.15) is 38.5 Å². The van der Waals surface area contributed by atoms with E-state index >= 15 is 0 Å². The average molecular weight is 263 g/mol. The Labute approximate surface area is 113 Å². The van der Waals surface area contributed by atoms with Crippen molar-refractivity contribution in [2.24, 2.45) is 0 Å². The van der Waals surface area contributed by atoms with Crippen molar-refractivity contribution in [3.8, 4) is 0 Å². The molecule has 1 aliphatic rings. The zero-order valence-corrected chi connectivity index (χ0v) is 11.1. The SMILES string of the molecule is O=C(NCC1(O)CCCCCC1)Nc1ccccn1. The van der Waals surface area contributed by atoms with Crippen molar-refractivity contribution in [2.45, 2.75) is 44.1 Å². The van der Waals surface area contributed by atoms with Gasteiger partial charge in [-0.2, -0.15) is 0 Å². The Hall–Kier alpha value is -1.62. The van der Waals surface area contributed by atoms with E-state index in [0.29, 0.717) is 12.4 Å². The van der Waals surface area contributed by atoms with Gasteiger partial charge < -0.3 is 10.4 Å². The molecule has 0 unspecified atom stereocenters. The highest BCUT2D eigenvalue weighted by Crippen LogP contribution is 2.26. The van der Waals surface area contributed by atoms with E-state index in [1.165, 1.54) is 12.8 Å². The molecule has 19 heavy (non-hydrogen) atoms. The number of amides is 2. The summed E-state index contributed by atoms with van der Waals surface area (Å²) in [5.74, 6) is 0.507. The smallest absolute Gasteiger partial charge is 0.320 e. The number of hydrogen-bond donors (Lipinski definition) is 3. The molecule has 0 radical (unpaired) electrons. The fourth-order valence-corrected chi connectivity index (χ4v) is 2.41. The van der Waals surface area contributed by atoms with Crippen molar-refractivity contribution in [3.63, 3.8) is 0 Å². The topological polar surface area (TPSA) is 74.2 Å². The fraction of sp³-hybridized carbons (Fsp3) is 0.571. The van der Waals surface area contributed by atoms with Crippen LogP contribution in [0.15, 0.2) is 24.4 Å². The molecule has 2 rings (SSSR count). The zero-order valence-electron chi connectivity index (χ0n) is 11.1. The summed E-state index contributed by atoms with van der Waals surface area (Å²) in [5, 5.41) is 15.8. The largest absolute Gasteiger partial charge is 0.388 e. The first kappa shape index (κ1) is 13.8. The number of carbonyl (C=O) groups is 1. The predicted octanol–water partition coefficient (Wildman–Crippen LogP) is 2.29. The molecule has 0 aromatic carbocycles. The Balaban J connectivity index is 1.79. The van der Waals surface area contributed by atoms with Crippen LogP contribution < -0.4 is 10.6 Å². The maximum Gasteiger partial charge on any atom is 0.320 e. The van der Waals surface area contributed by atoms with E-state index in [4.69, 9.17) is 0 Å². The lowest BCUT2D eigenvalue weighted by atomic mass is 9.95. The number of rotatable bonds is 3. The Morgan fingerprint density at radius 2 is 2.00 bits per heavy atom. The van der Waals surface area contributed by atoms with Crippen molar-refractivity contribution in [1.29, 1.82) is 0 Å². The number of urea groups is 1. The van der Waals surface area contributed by atoms with Crippen molar-refractivity contribution in [1.82, 2.24) is 10.3 Å². The quantitative estimate of drug-likeness (QED) is 0.732. The lowest BCUT2D eigenvalue weighted by Crippen LogP contribution is -2.44. The normalized spacial score (nSPS) is 18.4. The molecule has 1 aromatic rings. The molecule has 1 aliphatic carbocycles. The molecule has 5 nitrogen and oxygen atoms in total. The van der Waals surface area contributed by atoms with Gasteiger partial charge in [0.15, 0.2) is 0 Å². The highest BCUT2D eigenvalue weighted by molar-refractivity contribution is 5.88. The summed E-state index contributed by atoms with van der Waals surface area (Å²) in [5.41, 5.74) is -0.752. The van der Waals surface area contributed by atoms with Gasteiger partial charge in [-0.25, -0.2) is 9.78 Å². The van der Waals surface area contributed by atoms with Crippen LogP contribution in [0.2, 0.25) is 0 Å². The van der Waals surface area contributed by atoms with Crippen LogP contribution in [0, 0.1) is 0 Å². The molecular formula is C14H21N3O2. The van der Waals surface area contributed by atoms with Gasteiger partial charge in [0.1, 0.15) is 5.82 Å². The Morgan fingerprint density at radius 1 is 1.26 bits per heavy atom. The zero-order chi connectivity index (χ0) is 13.6. The number of nitrogens with one attached hydrogen (secondary N) is 2. The molecule has 0 aliphatic heterocycles. The van der Waals surface area contributed by atoms with Crippen LogP contribution in [0.4, 0.5) is 10.6 Å². The van der Waals surface area contributed by atoms with E-state index in [2.05, 4.69) is 15.6 Å². The van der Waals surface area contributed by atoms with Crippen molar-refractivity contribution < 1.29 is 9.90 Å². The summed E-state index contributed by atoms with van der Waals surface area (Å²) < 4.78 is 0. The van der Waals surface area contributed by atoms with Gasteiger partial charge >= 0.3 is 6.03 Å². The van der Waals surface area contributed by atoms with E-state index < -0.39 is 5.60 Å². The lowest BCUT2D eigenvalue weighted by molar-refractivity contribution is 0.0281. The van der Waals surface area contributed by atoms with Crippen LogP contribution in [0.25, 0.3) is 0 Å². The third-order valence-electron chi connectivity index (χ3n) is 3.52.